The number of morpholine rings is 1. The number of nitrogens with zero attached hydrogens (tertiary/aromatic N) is 3. The monoisotopic (exact) mass is 526 g/mol. The molecule has 3 N–H and O–H groups in total. The molecule has 192 valence electrons. The van der Waals surface area contributed by atoms with Gasteiger partial charge in [0, 0.05) is 30.5 Å². The van der Waals surface area contributed by atoms with E-state index < -0.39 is 0 Å². The molecule has 9 heteroatoms. The van der Waals surface area contributed by atoms with Crippen molar-refractivity contribution in [3.05, 3.63) is 102 Å². The molecule has 5 rings (SSSR count). The number of nitrogens with one attached hydrogen (secondary N) is 3. The van der Waals surface area contributed by atoms with Crippen molar-refractivity contribution >= 4 is 58.1 Å². The van der Waals surface area contributed by atoms with E-state index in [4.69, 9.17) is 16.3 Å². The highest BCUT2D eigenvalue weighted by atomic mass is 35.5. The SMILES string of the molecule is O=C(C=Cc1ccccc1)Nc1ccccc1Nc1nc(Nc2ccc(N3CCOCC3)cc2)ncc1Cl. The Morgan fingerprint density at radius 1 is 0.895 bits per heavy atom. The van der Waals surface area contributed by atoms with Crippen LogP contribution in [0, 0.1) is 0 Å². The Balaban J connectivity index is 1.26. The molecule has 3 aromatic carbocycles. The molecule has 4 aromatic rings. The van der Waals surface area contributed by atoms with Crippen LogP contribution in [-0.2, 0) is 9.53 Å². The van der Waals surface area contributed by atoms with Gasteiger partial charge in [0.05, 0.1) is 30.8 Å². The van der Waals surface area contributed by atoms with Crippen LogP contribution in [-0.4, -0.2) is 42.2 Å². The van der Waals surface area contributed by atoms with Gasteiger partial charge in [-0.25, -0.2) is 4.98 Å². The zero-order valence-corrected chi connectivity index (χ0v) is 21.4. The summed E-state index contributed by atoms with van der Waals surface area (Å²) >= 11 is 6.40. The molecule has 0 atom stereocenters. The summed E-state index contributed by atoms with van der Waals surface area (Å²) in [6.07, 6.45) is 4.79. The second-order valence-corrected chi connectivity index (χ2v) is 8.97. The van der Waals surface area contributed by atoms with Crippen molar-refractivity contribution in [2.24, 2.45) is 0 Å². The zero-order chi connectivity index (χ0) is 26.2. The third-order valence-corrected chi connectivity index (χ3v) is 6.19. The Bertz CT molecular complexity index is 1410. The maximum absolute atomic E-state index is 12.5. The van der Waals surface area contributed by atoms with Crippen LogP contribution in [0.1, 0.15) is 5.56 Å². The fourth-order valence-electron chi connectivity index (χ4n) is 3.96. The Hall–Kier alpha value is -4.40. The van der Waals surface area contributed by atoms with E-state index in [1.807, 2.05) is 60.7 Å². The van der Waals surface area contributed by atoms with Crippen LogP contribution >= 0.6 is 11.6 Å². The number of carbonyl (C=O) groups excluding carboxylic acids is 1. The molecule has 1 amide bonds. The summed E-state index contributed by atoms with van der Waals surface area (Å²) in [5.74, 6) is 0.554. The van der Waals surface area contributed by atoms with Crippen LogP contribution in [0.15, 0.2) is 91.1 Å². The molecule has 1 aliphatic rings. The lowest BCUT2D eigenvalue weighted by atomic mass is 10.2. The fourth-order valence-corrected chi connectivity index (χ4v) is 4.10. The Morgan fingerprint density at radius 2 is 1.61 bits per heavy atom. The van der Waals surface area contributed by atoms with Crippen LogP contribution < -0.4 is 20.9 Å². The molecule has 1 aromatic heterocycles. The summed E-state index contributed by atoms with van der Waals surface area (Å²) in [6.45, 7) is 3.25. The molecule has 2 heterocycles. The number of ether oxygens (including phenoxy) is 1. The highest BCUT2D eigenvalue weighted by Crippen LogP contribution is 2.29. The smallest absolute Gasteiger partial charge is 0.248 e. The Kier molecular flexibility index (Phi) is 8.13. The first-order valence-corrected chi connectivity index (χ1v) is 12.6. The first-order valence-electron chi connectivity index (χ1n) is 12.3. The lowest BCUT2D eigenvalue weighted by Gasteiger charge is -2.28. The summed E-state index contributed by atoms with van der Waals surface area (Å²) in [7, 11) is 0. The largest absolute Gasteiger partial charge is 0.378 e. The minimum absolute atomic E-state index is 0.250. The molecule has 1 fully saturated rings. The first kappa shape index (κ1) is 25.3. The minimum atomic E-state index is -0.250. The van der Waals surface area contributed by atoms with Crippen LogP contribution in [0.4, 0.5) is 34.5 Å². The van der Waals surface area contributed by atoms with Gasteiger partial charge in [-0.15, -0.1) is 0 Å². The number of benzene rings is 3. The summed E-state index contributed by atoms with van der Waals surface area (Å²) in [5.41, 5.74) is 4.19. The third-order valence-electron chi connectivity index (χ3n) is 5.91. The number of aromatic nitrogens is 2. The molecular formula is C29H27ClN6O2. The highest BCUT2D eigenvalue weighted by molar-refractivity contribution is 6.33. The van der Waals surface area contributed by atoms with Crippen molar-refractivity contribution < 1.29 is 9.53 Å². The number of hydrogen-bond donors (Lipinski definition) is 3. The Morgan fingerprint density at radius 3 is 2.37 bits per heavy atom. The molecule has 0 saturated carbocycles. The average molecular weight is 527 g/mol. The third kappa shape index (κ3) is 6.67. The molecule has 0 spiro atoms. The van der Waals surface area contributed by atoms with Gasteiger partial charge < -0.3 is 25.6 Å². The highest BCUT2D eigenvalue weighted by Gasteiger charge is 2.12. The summed E-state index contributed by atoms with van der Waals surface area (Å²) in [5, 5.41) is 9.70. The van der Waals surface area contributed by atoms with Crippen molar-refractivity contribution in [3.63, 3.8) is 0 Å². The van der Waals surface area contributed by atoms with Crippen molar-refractivity contribution in [3.8, 4) is 0 Å². The standard InChI is InChI=1S/C29H27ClN6O2/c30-24-20-31-29(32-22-11-13-23(14-12-22)36-16-18-38-19-17-36)35-28(24)34-26-9-5-4-8-25(26)33-27(37)15-10-21-6-2-1-3-7-21/h1-15,20H,16-19H2,(H,33,37)(H2,31,32,34,35). The topological polar surface area (TPSA) is 91.4 Å². The number of rotatable bonds is 8. The van der Waals surface area contributed by atoms with Crippen molar-refractivity contribution in [1.82, 2.24) is 9.97 Å². The van der Waals surface area contributed by atoms with Crippen LogP contribution in [0.2, 0.25) is 5.02 Å². The molecule has 0 unspecified atom stereocenters. The number of para-hydroxylation sites is 2. The van der Waals surface area contributed by atoms with E-state index in [0.717, 1.165) is 43.2 Å². The number of amides is 1. The quantitative estimate of drug-likeness (QED) is 0.239. The van der Waals surface area contributed by atoms with Gasteiger partial charge in [-0.1, -0.05) is 54.1 Å². The van der Waals surface area contributed by atoms with Gasteiger partial charge in [-0.2, -0.15) is 4.98 Å². The van der Waals surface area contributed by atoms with Crippen molar-refractivity contribution in [1.29, 1.82) is 0 Å². The Labute approximate surface area is 226 Å². The maximum atomic E-state index is 12.5. The summed E-state index contributed by atoms with van der Waals surface area (Å²) < 4.78 is 5.43. The van der Waals surface area contributed by atoms with Gasteiger partial charge in [-0.05, 0) is 48.0 Å². The molecule has 1 aliphatic heterocycles. The second-order valence-electron chi connectivity index (χ2n) is 8.57. The van der Waals surface area contributed by atoms with E-state index >= 15 is 0 Å². The number of carbonyl (C=O) groups is 1. The normalized spacial score (nSPS) is 13.3. The van der Waals surface area contributed by atoms with E-state index in [-0.39, 0.29) is 5.91 Å². The predicted molar refractivity (Wildman–Crippen MR) is 154 cm³/mol. The predicted octanol–water partition coefficient (Wildman–Crippen LogP) is 6.11. The van der Waals surface area contributed by atoms with Crippen LogP contribution in [0.3, 0.4) is 0 Å². The molecule has 38 heavy (non-hydrogen) atoms. The summed E-state index contributed by atoms with van der Waals surface area (Å²) in [6, 6.07) is 25.1. The van der Waals surface area contributed by atoms with E-state index in [0.29, 0.717) is 28.2 Å². The van der Waals surface area contributed by atoms with Gasteiger partial charge in [-0.3, -0.25) is 4.79 Å². The second kappa shape index (κ2) is 12.2. The average Bonchev–Trinajstić information content (AvgIpc) is 2.96. The molecule has 0 aliphatic carbocycles. The molecule has 0 radical (unpaired) electrons. The maximum Gasteiger partial charge on any atom is 0.248 e. The molecule has 8 nitrogen and oxygen atoms in total. The van der Waals surface area contributed by atoms with E-state index in [1.54, 1.807) is 12.1 Å². The number of anilines is 6. The molecular weight excluding hydrogens is 500 g/mol. The first-order chi connectivity index (χ1) is 18.6. The van der Waals surface area contributed by atoms with E-state index in [9.17, 15) is 4.79 Å². The van der Waals surface area contributed by atoms with Gasteiger partial charge in [0.15, 0.2) is 5.82 Å². The van der Waals surface area contributed by atoms with Gasteiger partial charge >= 0.3 is 0 Å². The van der Waals surface area contributed by atoms with Gasteiger partial charge in [0.2, 0.25) is 11.9 Å². The van der Waals surface area contributed by atoms with Crippen LogP contribution in [0.5, 0.6) is 0 Å². The van der Waals surface area contributed by atoms with E-state index in [2.05, 4.69) is 43.0 Å². The van der Waals surface area contributed by atoms with Crippen molar-refractivity contribution in [2.45, 2.75) is 0 Å². The summed E-state index contributed by atoms with van der Waals surface area (Å²) in [4.78, 5) is 23.7. The molecule has 1 saturated heterocycles. The number of hydrogen-bond acceptors (Lipinski definition) is 7. The lowest BCUT2D eigenvalue weighted by molar-refractivity contribution is -0.111. The van der Waals surface area contributed by atoms with Crippen LogP contribution in [0.25, 0.3) is 6.08 Å². The fraction of sp³-hybridized carbons (Fsp3) is 0.138. The zero-order valence-electron chi connectivity index (χ0n) is 20.6. The van der Waals surface area contributed by atoms with Crippen molar-refractivity contribution in [2.75, 3.05) is 47.2 Å². The van der Waals surface area contributed by atoms with Gasteiger partial charge in [0.25, 0.3) is 0 Å². The molecule has 0 bridgehead atoms. The minimum Gasteiger partial charge on any atom is -0.378 e. The van der Waals surface area contributed by atoms with Gasteiger partial charge in [0.1, 0.15) is 5.02 Å². The number of halogens is 1. The van der Waals surface area contributed by atoms with E-state index in [1.165, 1.54) is 12.3 Å². The lowest BCUT2D eigenvalue weighted by Crippen LogP contribution is -2.36.